The maximum absolute atomic E-state index is 10.9. The molecule has 0 atom stereocenters. The van der Waals surface area contributed by atoms with Gasteiger partial charge in [-0.1, -0.05) is 11.6 Å². The molecule has 0 saturated heterocycles. The summed E-state index contributed by atoms with van der Waals surface area (Å²) in [6.45, 7) is 3.59. The fraction of sp³-hybridized carbons (Fsp3) is 0.400. The smallest absolute Gasteiger partial charge is 0.297 e. The average molecular weight is 256 g/mol. The van der Waals surface area contributed by atoms with Gasteiger partial charge < -0.3 is 4.74 Å². The number of aromatic nitrogens is 1. The predicted molar refractivity (Wildman–Crippen MR) is 60.7 cm³/mol. The van der Waals surface area contributed by atoms with Crippen LogP contribution in [0, 0.1) is 28.4 Å². The first-order valence-electron chi connectivity index (χ1n) is 4.84. The molecule has 0 N–H and O–H groups in total. The van der Waals surface area contributed by atoms with Gasteiger partial charge in [-0.05, 0) is 13.8 Å². The second kappa shape index (κ2) is 5.57. The summed E-state index contributed by atoms with van der Waals surface area (Å²) in [6, 6.07) is 1.82. The molecule has 0 unspecified atom stereocenters. The molecule has 0 aliphatic carbocycles. The Hall–Kier alpha value is -1.71. The molecular weight excluding hydrogens is 246 g/mol. The predicted octanol–water partition coefficient (Wildman–Crippen LogP) is 2.36. The number of aryl methyl sites for hydroxylation is 1. The lowest BCUT2D eigenvalue weighted by Gasteiger charge is -2.08. The van der Waals surface area contributed by atoms with E-state index in [4.69, 9.17) is 21.6 Å². The van der Waals surface area contributed by atoms with E-state index in [9.17, 15) is 10.1 Å². The van der Waals surface area contributed by atoms with Crippen molar-refractivity contribution in [3.63, 3.8) is 0 Å². The molecule has 0 aliphatic rings. The SMILES string of the molecule is CCOCc1c(C#N)c(Cl)nc(C)c1[N+](=O)[O-]. The van der Waals surface area contributed by atoms with E-state index in [0.717, 1.165) is 0 Å². The molecule has 1 aromatic heterocycles. The minimum atomic E-state index is -0.576. The number of pyridine rings is 1. The maximum atomic E-state index is 10.9. The van der Waals surface area contributed by atoms with Crippen LogP contribution in [0.1, 0.15) is 23.7 Å². The minimum absolute atomic E-state index is 0.00239. The number of halogens is 1. The van der Waals surface area contributed by atoms with Crippen LogP contribution in [0.3, 0.4) is 0 Å². The van der Waals surface area contributed by atoms with E-state index in [1.165, 1.54) is 6.92 Å². The highest BCUT2D eigenvalue weighted by molar-refractivity contribution is 6.30. The quantitative estimate of drug-likeness (QED) is 0.468. The molecule has 1 rings (SSSR count). The van der Waals surface area contributed by atoms with Crippen molar-refractivity contribution in [2.75, 3.05) is 6.61 Å². The summed E-state index contributed by atoms with van der Waals surface area (Å²) >= 11 is 5.78. The summed E-state index contributed by atoms with van der Waals surface area (Å²) in [7, 11) is 0. The Morgan fingerprint density at radius 2 is 2.29 bits per heavy atom. The monoisotopic (exact) mass is 255 g/mol. The van der Waals surface area contributed by atoms with Crippen LogP contribution >= 0.6 is 11.6 Å². The Morgan fingerprint density at radius 3 is 2.76 bits per heavy atom. The van der Waals surface area contributed by atoms with Gasteiger partial charge in [0.25, 0.3) is 5.69 Å². The van der Waals surface area contributed by atoms with Gasteiger partial charge in [-0.15, -0.1) is 0 Å². The van der Waals surface area contributed by atoms with Crippen molar-refractivity contribution in [1.82, 2.24) is 4.98 Å². The van der Waals surface area contributed by atoms with E-state index in [1.807, 2.05) is 6.07 Å². The van der Waals surface area contributed by atoms with E-state index in [1.54, 1.807) is 6.92 Å². The molecule has 0 spiro atoms. The van der Waals surface area contributed by atoms with E-state index >= 15 is 0 Å². The second-order valence-corrected chi connectivity index (χ2v) is 3.55. The van der Waals surface area contributed by atoms with Gasteiger partial charge in [-0.25, -0.2) is 4.98 Å². The van der Waals surface area contributed by atoms with Crippen LogP contribution in [0.5, 0.6) is 0 Å². The minimum Gasteiger partial charge on any atom is -0.377 e. The summed E-state index contributed by atoms with van der Waals surface area (Å²) in [4.78, 5) is 14.1. The van der Waals surface area contributed by atoms with Crippen molar-refractivity contribution >= 4 is 17.3 Å². The molecule has 0 fully saturated rings. The lowest BCUT2D eigenvalue weighted by atomic mass is 10.1. The molecule has 0 aromatic carbocycles. The zero-order chi connectivity index (χ0) is 13.0. The molecule has 90 valence electrons. The Labute approximate surface area is 103 Å². The second-order valence-electron chi connectivity index (χ2n) is 3.20. The molecular formula is C10H10ClN3O3. The zero-order valence-electron chi connectivity index (χ0n) is 9.36. The first-order chi connectivity index (χ1) is 8.02. The fourth-order valence-corrected chi connectivity index (χ4v) is 1.70. The van der Waals surface area contributed by atoms with E-state index in [-0.39, 0.29) is 34.3 Å². The van der Waals surface area contributed by atoms with Gasteiger partial charge in [0.2, 0.25) is 0 Å². The highest BCUT2D eigenvalue weighted by Crippen LogP contribution is 2.29. The summed E-state index contributed by atoms with van der Waals surface area (Å²) in [5.41, 5.74) is 0.141. The standard InChI is InChI=1S/C10H10ClN3O3/c1-3-17-5-8-7(4-12)10(11)13-6(2)9(8)14(15)16/h3,5H2,1-2H3. The molecule has 1 heterocycles. The van der Waals surface area contributed by atoms with Crippen LogP contribution in [0.25, 0.3) is 0 Å². The highest BCUT2D eigenvalue weighted by Gasteiger charge is 2.25. The Bertz CT molecular complexity index is 497. The van der Waals surface area contributed by atoms with Crippen LogP contribution in [-0.2, 0) is 11.3 Å². The van der Waals surface area contributed by atoms with Crippen molar-refractivity contribution in [2.45, 2.75) is 20.5 Å². The number of rotatable bonds is 4. The Kier molecular flexibility index (Phi) is 4.37. The van der Waals surface area contributed by atoms with Crippen LogP contribution < -0.4 is 0 Å². The summed E-state index contributed by atoms with van der Waals surface area (Å²) < 4.78 is 5.12. The zero-order valence-corrected chi connectivity index (χ0v) is 10.1. The van der Waals surface area contributed by atoms with Gasteiger partial charge >= 0.3 is 0 Å². The first kappa shape index (κ1) is 13.4. The molecule has 7 heteroatoms. The maximum Gasteiger partial charge on any atom is 0.297 e. The van der Waals surface area contributed by atoms with Crippen LogP contribution in [0.2, 0.25) is 5.15 Å². The van der Waals surface area contributed by atoms with Gasteiger partial charge in [-0.2, -0.15) is 5.26 Å². The summed E-state index contributed by atoms with van der Waals surface area (Å²) in [5.74, 6) is 0. The highest BCUT2D eigenvalue weighted by atomic mass is 35.5. The summed E-state index contributed by atoms with van der Waals surface area (Å²) in [5, 5.41) is 19.8. The van der Waals surface area contributed by atoms with Crippen LogP contribution in [0.15, 0.2) is 0 Å². The van der Waals surface area contributed by atoms with Gasteiger partial charge in [0.1, 0.15) is 22.5 Å². The molecule has 0 saturated carbocycles. The molecule has 0 bridgehead atoms. The van der Waals surface area contributed by atoms with Crippen molar-refractivity contribution in [3.05, 3.63) is 32.1 Å². The number of nitriles is 1. The normalized spacial score (nSPS) is 10.0. The third-order valence-electron chi connectivity index (χ3n) is 2.15. The topological polar surface area (TPSA) is 89.0 Å². The van der Waals surface area contributed by atoms with Crippen molar-refractivity contribution < 1.29 is 9.66 Å². The number of nitrogens with zero attached hydrogens (tertiary/aromatic N) is 3. The third kappa shape index (κ3) is 2.70. The molecule has 0 amide bonds. The van der Waals surface area contributed by atoms with E-state index in [0.29, 0.717) is 6.61 Å². The van der Waals surface area contributed by atoms with Gasteiger partial charge in [0.15, 0.2) is 0 Å². The van der Waals surface area contributed by atoms with Crippen LogP contribution in [-0.4, -0.2) is 16.5 Å². The third-order valence-corrected chi connectivity index (χ3v) is 2.42. The molecule has 6 nitrogen and oxygen atoms in total. The van der Waals surface area contributed by atoms with Gasteiger partial charge in [0, 0.05) is 6.61 Å². The van der Waals surface area contributed by atoms with E-state index < -0.39 is 4.92 Å². The molecule has 0 aliphatic heterocycles. The van der Waals surface area contributed by atoms with Gasteiger partial charge in [-0.3, -0.25) is 10.1 Å². The number of hydrogen-bond donors (Lipinski definition) is 0. The Morgan fingerprint density at radius 1 is 1.65 bits per heavy atom. The van der Waals surface area contributed by atoms with Crippen molar-refractivity contribution in [2.24, 2.45) is 0 Å². The summed E-state index contributed by atoms with van der Waals surface area (Å²) in [6.07, 6.45) is 0. The fourth-order valence-electron chi connectivity index (χ4n) is 1.42. The lowest BCUT2D eigenvalue weighted by Crippen LogP contribution is -2.06. The number of ether oxygens (including phenoxy) is 1. The molecule has 17 heavy (non-hydrogen) atoms. The van der Waals surface area contributed by atoms with Crippen LogP contribution in [0.4, 0.5) is 5.69 Å². The largest absolute Gasteiger partial charge is 0.377 e. The molecule has 1 aromatic rings. The lowest BCUT2D eigenvalue weighted by molar-refractivity contribution is -0.386. The number of nitro groups is 1. The Balaban J connectivity index is 3.47. The van der Waals surface area contributed by atoms with Crippen molar-refractivity contribution in [3.8, 4) is 6.07 Å². The van der Waals surface area contributed by atoms with Gasteiger partial charge in [0.05, 0.1) is 17.1 Å². The van der Waals surface area contributed by atoms with E-state index in [2.05, 4.69) is 4.98 Å². The molecule has 0 radical (unpaired) electrons. The first-order valence-corrected chi connectivity index (χ1v) is 5.21. The van der Waals surface area contributed by atoms with Crippen molar-refractivity contribution in [1.29, 1.82) is 5.26 Å². The number of hydrogen-bond acceptors (Lipinski definition) is 5. The average Bonchev–Trinajstić information content (AvgIpc) is 2.25.